The molecule has 0 spiro atoms. The second kappa shape index (κ2) is 13.8. The number of rotatable bonds is 13. The van der Waals surface area contributed by atoms with Crippen molar-refractivity contribution in [2.45, 2.75) is 33.2 Å². The fraction of sp³-hybridized carbons (Fsp3) is 0.417. The summed E-state index contributed by atoms with van der Waals surface area (Å²) in [6.45, 7) is 6.48. The molecular weight excluding hydrogens is 408 g/mol. The first-order valence-corrected chi connectivity index (χ1v) is 10.9. The first-order valence-electron chi connectivity index (χ1n) is 10.9. The molecule has 0 radical (unpaired) electrons. The van der Waals surface area contributed by atoms with Gasteiger partial charge in [0.1, 0.15) is 5.75 Å². The lowest BCUT2D eigenvalue weighted by atomic mass is 10.1. The van der Waals surface area contributed by atoms with Gasteiger partial charge in [0.2, 0.25) is 0 Å². The molecule has 0 saturated carbocycles. The molecule has 8 heteroatoms. The summed E-state index contributed by atoms with van der Waals surface area (Å²) in [5.74, 6) is 2.37. The second-order valence-corrected chi connectivity index (χ2v) is 7.05. The fourth-order valence-corrected chi connectivity index (χ4v) is 3.04. The van der Waals surface area contributed by atoms with Crippen LogP contribution in [-0.4, -0.2) is 45.3 Å². The molecule has 4 N–H and O–H groups in total. The summed E-state index contributed by atoms with van der Waals surface area (Å²) in [5.41, 5.74) is 7.30. The van der Waals surface area contributed by atoms with Gasteiger partial charge in [0.05, 0.1) is 20.3 Å². The molecule has 0 unspecified atom stereocenters. The Bertz CT molecular complexity index is 886. The van der Waals surface area contributed by atoms with E-state index in [0.29, 0.717) is 18.9 Å². The highest BCUT2D eigenvalue weighted by Gasteiger charge is 2.06. The van der Waals surface area contributed by atoms with Gasteiger partial charge in [-0.3, -0.25) is 4.79 Å². The van der Waals surface area contributed by atoms with Gasteiger partial charge < -0.3 is 30.6 Å². The number of methoxy groups -OCH3 is 1. The average Bonchev–Trinajstić information content (AvgIpc) is 2.79. The van der Waals surface area contributed by atoms with Crippen molar-refractivity contribution in [3.63, 3.8) is 0 Å². The number of hydrogen-bond acceptors (Lipinski definition) is 5. The summed E-state index contributed by atoms with van der Waals surface area (Å²) in [5, 5.41) is 6.63. The van der Waals surface area contributed by atoms with E-state index in [9.17, 15) is 4.79 Å². The van der Waals surface area contributed by atoms with Crippen LogP contribution in [-0.2, 0) is 17.8 Å². The normalized spacial score (nSPS) is 11.0. The summed E-state index contributed by atoms with van der Waals surface area (Å²) in [7, 11) is 1.65. The number of ether oxygens (including phenoxy) is 3. The third-order valence-corrected chi connectivity index (χ3v) is 4.51. The molecule has 0 saturated heterocycles. The highest BCUT2D eigenvalue weighted by molar-refractivity contribution is 5.79. The molecule has 0 aliphatic rings. The Labute approximate surface area is 190 Å². The van der Waals surface area contributed by atoms with Gasteiger partial charge in [-0.1, -0.05) is 18.2 Å². The van der Waals surface area contributed by atoms with Crippen molar-refractivity contribution >= 4 is 11.9 Å². The number of carbonyl (C=O) groups is 1. The van der Waals surface area contributed by atoms with Gasteiger partial charge in [0.25, 0.3) is 5.91 Å². The Morgan fingerprint density at radius 2 is 1.88 bits per heavy atom. The fourth-order valence-electron chi connectivity index (χ4n) is 3.04. The predicted molar refractivity (Wildman–Crippen MR) is 126 cm³/mol. The number of nitrogens with two attached hydrogens (primary N) is 1. The summed E-state index contributed by atoms with van der Waals surface area (Å²) in [4.78, 5) is 15.5. The van der Waals surface area contributed by atoms with Gasteiger partial charge in [0, 0.05) is 13.1 Å². The maximum atomic E-state index is 10.9. The van der Waals surface area contributed by atoms with E-state index in [2.05, 4.69) is 21.7 Å². The topological polar surface area (TPSA) is 107 Å². The molecule has 0 aliphatic carbocycles. The lowest BCUT2D eigenvalue weighted by Gasteiger charge is -2.13. The molecule has 1 amide bonds. The summed E-state index contributed by atoms with van der Waals surface area (Å²) in [6, 6.07) is 13.5. The van der Waals surface area contributed by atoms with E-state index in [4.69, 9.17) is 19.9 Å². The van der Waals surface area contributed by atoms with E-state index < -0.39 is 5.91 Å². The predicted octanol–water partition coefficient (Wildman–Crippen LogP) is 2.65. The number of nitrogens with zero attached hydrogens (tertiary/aromatic N) is 1. The third kappa shape index (κ3) is 8.75. The van der Waals surface area contributed by atoms with Crippen LogP contribution in [0.15, 0.2) is 47.5 Å². The van der Waals surface area contributed by atoms with Gasteiger partial charge in [-0.2, -0.15) is 0 Å². The van der Waals surface area contributed by atoms with Crippen LogP contribution in [0.4, 0.5) is 0 Å². The standard InChI is InChI=1S/C24H34N4O4/c1-4-26-24(28-16-19-8-6-10-20(14-19)32-17-23(25)29)27-13-7-9-18-11-12-21(30-3)22(15-18)31-5-2/h6,8,10-12,14-15H,4-5,7,9,13,16-17H2,1-3H3,(H2,25,29)(H2,26,27,28). The van der Waals surface area contributed by atoms with E-state index in [-0.39, 0.29) is 6.61 Å². The Morgan fingerprint density at radius 3 is 2.59 bits per heavy atom. The number of amides is 1. The van der Waals surface area contributed by atoms with E-state index >= 15 is 0 Å². The van der Waals surface area contributed by atoms with E-state index in [1.165, 1.54) is 5.56 Å². The van der Waals surface area contributed by atoms with Crippen LogP contribution in [0.1, 0.15) is 31.4 Å². The van der Waals surface area contributed by atoms with Crippen molar-refractivity contribution in [1.82, 2.24) is 10.6 Å². The highest BCUT2D eigenvalue weighted by atomic mass is 16.5. The molecule has 0 aromatic heterocycles. The summed E-state index contributed by atoms with van der Waals surface area (Å²) in [6.07, 6.45) is 1.86. The van der Waals surface area contributed by atoms with Crippen molar-refractivity contribution in [2.75, 3.05) is 33.4 Å². The zero-order valence-electron chi connectivity index (χ0n) is 19.1. The van der Waals surface area contributed by atoms with Crippen molar-refractivity contribution in [1.29, 1.82) is 0 Å². The van der Waals surface area contributed by atoms with Crippen molar-refractivity contribution in [3.8, 4) is 17.2 Å². The lowest BCUT2D eigenvalue weighted by molar-refractivity contribution is -0.119. The van der Waals surface area contributed by atoms with Crippen LogP contribution in [0.25, 0.3) is 0 Å². The largest absolute Gasteiger partial charge is 0.493 e. The Morgan fingerprint density at radius 1 is 1.03 bits per heavy atom. The van der Waals surface area contributed by atoms with E-state index in [1.54, 1.807) is 13.2 Å². The number of aliphatic imine (C=N–C) groups is 1. The molecular formula is C24H34N4O4. The number of guanidine groups is 1. The van der Waals surface area contributed by atoms with Gasteiger partial charge in [0.15, 0.2) is 24.1 Å². The molecule has 2 aromatic rings. The van der Waals surface area contributed by atoms with Crippen LogP contribution in [0.2, 0.25) is 0 Å². The van der Waals surface area contributed by atoms with Crippen molar-refractivity contribution < 1.29 is 19.0 Å². The zero-order chi connectivity index (χ0) is 23.2. The quantitative estimate of drug-likeness (QED) is 0.250. The Balaban J connectivity index is 1.87. The molecule has 8 nitrogen and oxygen atoms in total. The third-order valence-electron chi connectivity index (χ3n) is 4.51. The minimum absolute atomic E-state index is 0.142. The number of carbonyl (C=O) groups excluding carboxylic acids is 1. The summed E-state index contributed by atoms with van der Waals surface area (Å²) < 4.78 is 16.3. The smallest absolute Gasteiger partial charge is 0.255 e. The number of hydrogen-bond donors (Lipinski definition) is 3. The van der Waals surface area contributed by atoms with Gasteiger partial charge in [-0.05, 0) is 62.1 Å². The first-order chi connectivity index (χ1) is 15.5. The van der Waals surface area contributed by atoms with Gasteiger partial charge >= 0.3 is 0 Å². The Kier molecular flexibility index (Phi) is 10.7. The molecule has 0 fully saturated rings. The van der Waals surface area contributed by atoms with Crippen LogP contribution < -0.4 is 30.6 Å². The Hall–Kier alpha value is -3.42. The van der Waals surface area contributed by atoms with E-state index in [0.717, 1.165) is 49.0 Å². The monoisotopic (exact) mass is 442 g/mol. The van der Waals surface area contributed by atoms with Crippen LogP contribution >= 0.6 is 0 Å². The van der Waals surface area contributed by atoms with Crippen LogP contribution in [0, 0.1) is 0 Å². The number of primary amides is 1. The first kappa shape index (κ1) is 24.8. The lowest BCUT2D eigenvalue weighted by Crippen LogP contribution is -2.37. The van der Waals surface area contributed by atoms with Gasteiger partial charge in [-0.25, -0.2) is 4.99 Å². The highest BCUT2D eigenvalue weighted by Crippen LogP contribution is 2.28. The summed E-state index contributed by atoms with van der Waals surface area (Å²) >= 11 is 0. The van der Waals surface area contributed by atoms with Crippen LogP contribution in [0.5, 0.6) is 17.2 Å². The molecule has 2 rings (SSSR count). The maximum Gasteiger partial charge on any atom is 0.255 e. The number of aryl methyl sites for hydroxylation is 1. The zero-order valence-corrected chi connectivity index (χ0v) is 19.1. The molecule has 2 aromatic carbocycles. The van der Waals surface area contributed by atoms with E-state index in [1.807, 2.05) is 44.2 Å². The maximum absolute atomic E-state index is 10.9. The molecule has 0 atom stereocenters. The van der Waals surface area contributed by atoms with Crippen LogP contribution in [0.3, 0.4) is 0 Å². The second-order valence-electron chi connectivity index (χ2n) is 7.05. The van der Waals surface area contributed by atoms with Gasteiger partial charge in [-0.15, -0.1) is 0 Å². The molecule has 32 heavy (non-hydrogen) atoms. The SMILES string of the molecule is CCNC(=NCc1cccc(OCC(N)=O)c1)NCCCc1ccc(OC)c(OCC)c1. The molecule has 0 bridgehead atoms. The number of nitrogens with one attached hydrogen (secondary N) is 2. The minimum atomic E-state index is -0.504. The molecule has 0 heterocycles. The van der Waals surface area contributed by atoms with Crippen molar-refractivity contribution in [3.05, 3.63) is 53.6 Å². The minimum Gasteiger partial charge on any atom is -0.493 e. The molecule has 174 valence electrons. The average molecular weight is 443 g/mol. The number of benzene rings is 2. The van der Waals surface area contributed by atoms with Crippen molar-refractivity contribution in [2.24, 2.45) is 10.7 Å². The molecule has 0 aliphatic heterocycles.